The summed E-state index contributed by atoms with van der Waals surface area (Å²) < 4.78 is 7.36. The first-order valence-corrected chi connectivity index (χ1v) is 5.21. The number of nitrogens with zero attached hydrogens (tertiary/aromatic N) is 4. The molecule has 2 heterocycles. The summed E-state index contributed by atoms with van der Waals surface area (Å²) in [4.78, 5) is 22.1. The molecule has 0 unspecified atom stereocenters. The lowest BCUT2D eigenvalue weighted by molar-refractivity contribution is -0.131. The van der Waals surface area contributed by atoms with Gasteiger partial charge >= 0.3 is 11.7 Å². The third kappa shape index (κ3) is 2.59. The molecule has 0 amide bonds. The fourth-order valence-corrected chi connectivity index (χ4v) is 1.65. The summed E-state index contributed by atoms with van der Waals surface area (Å²) in [5, 5.41) is 15.8. The number of tetrazole rings is 1. The van der Waals surface area contributed by atoms with Crippen LogP contribution >= 0.6 is 0 Å². The van der Waals surface area contributed by atoms with Gasteiger partial charge < -0.3 is 9.84 Å². The fraction of sp³-hybridized carbons (Fsp3) is 0.556. The van der Waals surface area contributed by atoms with Gasteiger partial charge in [0.2, 0.25) is 0 Å². The number of carboxylic acid groups (broad SMARTS) is 1. The molecule has 1 aliphatic heterocycles. The van der Waals surface area contributed by atoms with Crippen molar-refractivity contribution < 1.29 is 14.6 Å². The zero-order valence-corrected chi connectivity index (χ0v) is 9.02. The predicted octanol–water partition coefficient (Wildman–Crippen LogP) is -0.653. The van der Waals surface area contributed by atoms with Gasteiger partial charge in [-0.3, -0.25) is 0 Å². The SMILES string of the molecule is O=C(O)C=Cn1nnn(C2CCOCC2)c1=O. The van der Waals surface area contributed by atoms with Gasteiger partial charge in [-0.05, 0) is 23.3 Å². The van der Waals surface area contributed by atoms with E-state index in [1.165, 1.54) is 4.68 Å². The zero-order valence-electron chi connectivity index (χ0n) is 9.02. The molecule has 0 bridgehead atoms. The lowest BCUT2D eigenvalue weighted by atomic mass is 10.1. The number of ether oxygens (including phenoxy) is 1. The van der Waals surface area contributed by atoms with E-state index in [1.54, 1.807) is 0 Å². The second kappa shape index (κ2) is 4.91. The lowest BCUT2D eigenvalue weighted by Gasteiger charge is -2.20. The van der Waals surface area contributed by atoms with Gasteiger partial charge in [-0.25, -0.2) is 9.59 Å². The van der Waals surface area contributed by atoms with Crippen molar-refractivity contribution in [1.29, 1.82) is 0 Å². The Hall–Kier alpha value is -1.96. The van der Waals surface area contributed by atoms with Crippen molar-refractivity contribution in [2.24, 2.45) is 0 Å². The van der Waals surface area contributed by atoms with Gasteiger partial charge in [0.25, 0.3) is 0 Å². The average Bonchev–Trinajstić information content (AvgIpc) is 2.69. The molecule has 0 spiro atoms. The number of aromatic nitrogens is 4. The van der Waals surface area contributed by atoms with E-state index in [0.717, 1.165) is 17.0 Å². The second-order valence-electron chi connectivity index (χ2n) is 3.65. The highest BCUT2D eigenvalue weighted by molar-refractivity contribution is 5.82. The van der Waals surface area contributed by atoms with Gasteiger partial charge in [-0.2, -0.15) is 9.36 Å². The summed E-state index contributed by atoms with van der Waals surface area (Å²) in [5.41, 5.74) is -0.436. The summed E-state index contributed by atoms with van der Waals surface area (Å²) in [6.07, 6.45) is 3.33. The Morgan fingerprint density at radius 2 is 2.12 bits per heavy atom. The Labute approximate surface area is 96.1 Å². The van der Waals surface area contributed by atoms with Crippen molar-refractivity contribution >= 4 is 12.2 Å². The van der Waals surface area contributed by atoms with Gasteiger partial charge in [-0.15, -0.1) is 0 Å². The maximum absolute atomic E-state index is 11.8. The van der Waals surface area contributed by atoms with E-state index in [4.69, 9.17) is 9.84 Å². The first-order chi connectivity index (χ1) is 8.18. The number of hydrogen-bond donors (Lipinski definition) is 1. The van der Waals surface area contributed by atoms with Crippen LogP contribution in [-0.2, 0) is 9.53 Å². The molecule has 0 atom stereocenters. The van der Waals surface area contributed by atoms with Crippen LogP contribution in [0.3, 0.4) is 0 Å². The van der Waals surface area contributed by atoms with Crippen LogP contribution in [0.15, 0.2) is 10.9 Å². The van der Waals surface area contributed by atoms with Crippen LogP contribution < -0.4 is 5.69 Å². The summed E-state index contributed by atoms with van der Waals surface area (Å²) >= 11 is 0. The molecule has 0 aromatic carbocycles. The lowest BCUT2D eigenvalue weighted by Crippen LogP contribution is -2.30. The molecular weight excluding hydrogens is 228 g/mol. The van der Waals surface area contributed by atoms with E-state index < -0.39 is 11.7 Å². The van der Waals surface area contributed by atoms with Crippen molar-refractivity contribution in [3.63, 3.8) is 0 Å². The average molecular weight is 240 g/mol. The fourth-order valence-electron chi connectivity index (χ4n) is 1.65. The Kier molecular flexibility index (Phi) is 3.33. The molecule has 8 heteroatoms. The molecule has 2 rings (SSSR count). The summed E-state index contributed by atoms with van der Waals surface area (Å²) in [5.74, 6) is -1.14. The molecule has 1 N–H and O–H groups in total. The predicted molar refractivity (Wildman–Crippen MR) is 56.3 cm³/mol. The van der Waals surface area contributed by atoms with Crippen molar-refractivity contribution in [3.8, 4) is 0 Å². The van der Waals surface area contributed by atoms with Crippen molar-refractivity contribution in [2.45, 2.75) is 18.9 Å². The number of hydrogen-bond acceptors (Lipinski definition) is 5. The molecule has 0 radical (unpaired) electrons. The van der Waals surface area contributed by atoms with E-state index in [1.807, 2.05) is 0 Å². The van der Waals surface area contributed by atoms with Crippen LogP contribution in [0.25, 0.3) is 6.20 Å². The van der Waals surface area contributed by atoms with Crippen molar-refractivity contribution in [2.75, 3.05) is 13.2 Å². The van der Waals surface area contributed by atoms with Crippen LogP contribution in [0, 0.1) is 0 Å². The standard InChI is InChI=1S/C9H12N4O4/c14-8(15)1-4-12-9(16)13(11-10-12)7-2-5-17-6-3-7/h1,4,7H,2-3,5-6H2,(H,14,15). The highest BCUT2D eigenvalue weighted by atomic mass is 16.5. The maximum atomic E-state index is 11.8. The Morgan fingerprint density at radius 3 is 2.76 bits per heavy atom. The molecule has 92 valence electrons. The van der Waals surface area contributed by atoms with Gasteiger partial charge in [0.1, 0.15) is 0 Å². The van der Waals surface area contributed by atoms with Gasteiger partial charge in [-0.1, -0.05) is 0 Å². The van der Waals surface area contributed by atoms with Crippen LogP contribution in [0.5, 0.6) is 0 Å². The number of aliphatic carboxylic acids is 1. The Morgan fingerprint density at radius 1 is 1.41 bits per heavy atom. The third-order valence-electron chi connectivity index (χ3n) is 2.52. The number of carbonyl (C=O) groups is 1. The molecule has 1 saturated heterocycles. The molecular formula is C9H12N4O4. The minimum absolute atomic E-state index is 0.0248. The second-order valence-corrected chi connectivity index (χ2v) is 3.65. The normalized spacial score (nSPS) is 17.6. The monoisotopic (exact) mass is 240 g/mol. The highest BCUT2D eigenvalue weighted by Gasteiger charge is 2.19. The van der Waals surface area contributed by atoms with Gasteiger partial charge in [0.15, 0.2) is 0 Å². The summed E-state index contributed by atoms with van der Waals surface area (Å²) in [6, 6.07) is -0.0248. The topological polar surface area (TPSA) is 99.2 Å². The number of rotatable bonds is 3. The smallest absolute Gasteiger partial charge is 0.368 e. The van der Waals surface area contributed by atoms with E-state index in [-0.39, 0.29) is 6.04 Å². The van der Waals surface area contributed by atoms with Crippen molar-refractivity contribution in [1.82, 2.24) is 19.8 Å². The van der Waals surface area contributed by atoms with Crippen LogP contribution in [-0.4, -0.2) is 44.1 Å². The first kappa shape index (κ1) is 11.5. The molecule has 1 aromatic rings. The van der Waals surface area contributed by atoms with Crippen LogP contribution in [0.2, 0.25) is 0 Å². The van der Waals surface area contributed by atoms with E-state index >= 15 is 0 Å². The molecule has 1 fully saturated rings. The summed E-state index contributed by atoms with van der Waals surface area (Å²) in [7, 11) is 0. The van der Waals surface area contributed by atoms with E-state index in [9.17, 15) is 9.59 Å². The van der Waals surface area contributed by atoms with Crippen LogP contribution in [0.1, 0.15) is 18.9 Å². The largest absolute Gasteiger partial charge is 0.478 e. The van der Waals surface area contributed by atoms with Crippen LogP contribution in [0.4, 0.5) is 0 Å². The van der Waals surface area contributed by atoms with E-state index in [0.29, 0.717) is 26.1 Å². The minimum atomic E-state index is -1.14. The molecule has 1 aliphatic rings. The number of carboxylic acids is 1. The van der Waals surface area contributed by atoms with Crippen molar-refractivity contribution in [3.05, 3.63) is 16.6 Å². The first-order valence-electron chi connectivity index (χ1n) is 5.21. The molecule has 17 heavy (non-hydrogen) atoms. The summed E-state index contributed by atoms with van der Waals surface area (Å²) in [6.45, 7) is 1.18. The molecule has 1 aromatic heterocycles. The van der Waals surface area contributed by atoms with Gasteiger partial charge in [0, 0.05) is 25.5 Å². The quantitative estimate of drug-likeness (QED) is 0.704. The molecule has 8 nitrogen and oxygen atoms in total. The third-order valence-corrected chi connectivity index (χ3v) is 2.52. The minimum Gasteiger partial charge on any atom is -0.478 e. The molecule has 0 aliphatic carbocycles. The van der Waals surface area contributed by atoms with E-state index in [2.05, 4.69) is 10.4 Å². The highest BCUT2D eigenvalue weighted by Crippen LogP contribution is 2.17. The Balaban J connectivity index is 2.20. The zero-order chi connectivity index (χ0) is 12.3. The van der Waals surface area contributed by atoms with Gasteiger partial charge in [0.05, 0.1) is 6.04 Å². The molecule has 0 saturated carbocycles. The Bertz CT molecular complexity index is 483. The maximum Gasteiger partial charge on any atom is 0.368 e.